The topological polar surface area (TPSA) is 86.9 Å². The van der Waals surface area contributed by atoms with Crippen LogP contribution >= 0.6 is 15.9 Å². The Hall–Kier alpha value is -2.04. The van der Waals surface area contributed by atoms with Crippen molar-refractivity contribution in [1.82, 2.24) is 15.0 Å². The van der Waals surface area contributed by atoms with Crippen molar-refractivity contribution in [3.8, 4) is 11.4 Å². The van der Waals surface area contributed by atoms with E-state index in [9.17, 15) is 9.18 Å². The second-order valence-corrected chi connectivity index (χ2v) is 10.6. The van der Waals surface area contributed by atoms with Gasteiger partial charge in [0.2, 0.25) is 5.82 Å². The van der Waals surface area contributed by atoms with Crippen LogP contribution in [0.1, 0.15) is 46.1 Å². The van der Waals surface area contributed by atoms with Crippen molar-refractivity contribution in [2.24, 2.45) is 11.8 Å². The maximum atomic E-state index is 13.6. The van der Waals surface area contributed by atoms with E-state index in [2.05, 4.69) is 26.1 Å². The van der Waals surface area contributed by atoms with Gasteiger partial charge < -0.3 is 23.6 Å². The number of benzene rings is 1. The van der Waals surface area contributed by atoms with E-state index >= 15 is 0 Å². The van der Waals surface area contributed by atoms with Gasteiger partial charge in [-0.2, -0.15) is 4.98 Å². The van der Waals surface area contributed by atoms with Crippen LogP contribution in [0.25, 0.3) is 11.4 Å². The Kier molecular flexibility index (Phi) is 6.54. The fourth-order valence-electron chi connectivity index (χ4n) is 4.43. The average molecular weight is 526 g/mol. The summed E-state index contributed by atoms with van der Waals surface area (Å²) in [7, 11) is 1.54. The lowest BCUT2D eigenvalue weighted by Gasteiger charge is -2.59. The van der Waals surface area contributed by atoms with E-state index in [0.29, 0.717) is 27.8 Å². The third-order valence-corrected chi connectivity index (χ3v) is 6.84. The summed E-state index contributed by atoms with van der Waals surface area (Å²) in [5.74, 6) is 1.39. The van der Waals surface area contributed by atoms with Gasteiger partial charge in [-0.25, -0.2) is 9.18 Å². The molecule has 3 fully saturated rings. The Morgan fingerprint density at radius 3 is 2.67 bits per heavy atom. The fraction of sp³-hybridized carbons (Fsp3) is 0.609. The molecule has 2 aromatic rings. The molecule has 2 aliphatic heterocycles. The van der Waals surface area contributed by atoms with E-state index in [-0.39, 0.29) is 23.6 Å². The summed E-state index contributed by atoms with van der Waals surface area (Å²) >= 11 is 3.18. The van der Waals surface area contributed by atoms with Crippen LogP contribution in [0.5, 0.6) is 0 Å². The molecule has 4 unspecified atom stereocenters. The van der Waals surface area contributed by atoms with Gasteiger partial charge in [0.05, 0.1) is 24.3 Å². The molecule has 33 heavy (non-hydrogen) atoms. The quantitative estimate of drug-likeness (QED) is 0.557. The Balaban J connectivity index is 0.000000157. The molecule has 1 aliphatic carbocycles. The highest BCUT2D eigenvalue weighted by Gasteiger charge is 2.67. The summed E-state index contributed by atoms with van der Waals surface area (Å²) in [6.45, 7) is 9.90. The van der Waals surface area contributed by atoms with E-state index in [1.807, 2.05) is 25.7 Å². The molecule has 4 atom stereocenters. The summed E-state index contributed by atoms with van der Waals surface area (Å²) in [4.78, 5) is 17.8. The number of aromatic nitrogens is 2. The van der Waals surface area contributed by atoms with Gasteiger partial charge in [-0.05, 0) is 52.3 Å². The third-order valence-electron chi connectivity index (χ3n) is 6.35. The summed E-state index contributed by atoms with van der Waals surface area (Å²) in [6, 6.07) is 4.66. The lowest BCUT2D eigenvalue weighted by molar-refractivity contribution is -0.278. The number of amides is 1. The molecule has 0 N–H and O–H groups in total. The molecule has 1 aromatic carbocycles. The number of nitrogens with zero attached hydrogens (tertiary/aromatic N) is 3. The van der Waals surface area contributed by atoms with Crippen LogP contribution in [0.3, 0.4) is 0 Å². The Morgan fingerprint density at radius 2 is 2.12 bits per heavy atom. The molecule has 1 spiro atoms. The first-order chi connectivity index (χ1) is 15.5. The van der Waals surface area contributed by atoms with Crippen LogP contribution in [0.2, 0.25) is 0 Å². The molecule has 0 bridgehead atoms. The van der Waals surface area contributed by atoms with Crippen LogP contribution in [0.4, 0.5) is 9.18 Å². The molecule has 0 radical (unpaired) electrons. The molecule has 1 aromatic heterocycles. The van der Waals surface area contributed by atoms with Crippen LogP contribution in [-0.4, -0.2) is 59.1 Å². The lowest BCUT2D eigenvalue weighted by Crippen LogP contribution is -2.67. The molecule has 1 saturated carbocycles. The number of hydrogen-bond acceptors (Lipinski definition) is 7. The molecular formula is C23H29BrFN3O5. The van der Waals surface area contributed by atoms with Gasteiger partial charge in [-0.1, -0.05) is 21.1 Å². The molecule has 3 heterocycles. The number of hydrogen-bond donors (Lipinski definition) is 0. The lowest BCUT2D eigenvalue weighted by atomic mass is 9.59. The Morgan fingerprint density at radius 1 is 1.36 bits per heavy atom. The minimum absolute atomic E-state index is 0.0247. The first-order valence-electron chi connectivity index (χ1n) is 11.0. The molecule has 3 aliphatic rings. The van der Waals surface area contributed by atoms with Crippen LogP contribution in [0.15, 0.2) is 27.2 Å². The minimum Gasteiger partial charge on any atom is -0.444 e. The number of carbonyl (C=O) groups is 1. The molecule has 2 saturated heterocycles. The van der Waals surface area contributed by atoms with Gasteiger partial charge in [0.15, 0.2) is 0 Å². The standard InChI is InChI=1S/C12H19NO3.C11H10BrFN2O2/c1-11(2,3)16-10(14)13-5-8-4-9-6-15-12(8,9)7-13;1-6(16-2)11-14-10(15-17-11)8-4-3-7(12)5-9(8)13/h8-9H,4-7H2,1-3H3;3-6H,1-2H3. The summed E-state index contributed by atoms with van der Waals surface area (Å²) in [6.07, 6.45) is 0.722. The van der Waals surface area contributed by atoms with Crippen LogP contribution in [0, 0.1) is 17.7 Å². The zero-order chi connectivity index (χ0) is 24.0. The van der Waals surface area contributed by atoms with Gasteiger partial charge in [0, 0.05) is 30.0 Å². The number of methoxy groups -OCH3 is 1. The highest BCUT2D eigenvalue weighted by Crippen LogP contribution is 2.58. The molecule has 5 rings (SSSR count). The van der Waals surface area contributed by atoms with Crippen molar-refractivity contribution in [2.45, 2.75) is 51.4 Å². The largest absolute Gasteiger partial charge is 0.444 e. The highest BCUT2D eigenvalue weighted by atomic mass is 79.9. The van der Waals surface area contributed by atoms with Gasteiger partial charge in [-0.3, -0.25) is 0 Å². The van der Waals surface area contributed by atoms with E-state index in [4.69, 9.17) is 18.7 Å². The first kappa shape index (κ1) is 24.1. The molecule has 180 valence electrons. The predicted octanol–water partition coefficient (Wildman–Crippen LogP) is 4.99. The maximum Gasteiger partial charge on any atom is 0.410 e. The van der Waals surface area contributed by atoms with Crippen LogP contribution in [-0.2, 0) is 14.2 Å². The van der Waals surface area contributed by atoms with Crippen molar-refractivity contribution in [3.05, 3.63) is 34.4 Å². The van der Waals surface area contributed by atoms with E-state index in [1.165, 1.54) is 19.6 Å². The van der Waals surface area contributed by atoms with Crippen molar-refractivity contribution < 1.29 is 27.9 Å². The van der Waals surface area contributed by atoms with Crippen molar-refractivity contribution in [2.75, 3.05) is 26.8 Å². The molecule has 8 nitrogen and oxygen atoms in total. The molecule has 1 amide bonds. The molecular weight excluding hydrogens is 497 g/mol. The van der Waals surface area contributed by atoms with E-state index in [1.54, 1.807) is 19.1 Å². The smallest absolute Gasteiger partial charge is 0.410 e. The Labute approximate surface area is 200 Å². The van der Waals surface area contributed by atoms with E-state index in [0.717, 1.165) is 19.7 Å². The van der Waals surface area contributed by atoms with E-state index < -0.39 is 11.4 Å². The van der Waals surface area contributed by atoms with Gasteiger partial charge in [0.1, 0.15) is 17.5 Å². The van der Waals surface area contributed by atoms with Gasteiger partial charge in [-0.15, -0.1) is 0 Å². The zero-order valence-electron chi connectivity index (χ0n) is 19.4. The van der Waals surface area contributed by atoms with Gasteiger partial charge in [0.25, 0.3) is 5.89 Å². The SMILES string of the molecule is CC(C)(C)OC(=O)N1CC2CC3COC32C1.COC(C)c1nc(-c2ccc(Br)cc2F)no1. The summed E-state index contributed by atoms with van der Waals surface area (Å²) < 4.78 is 35.4. The van der Waals surface area contributed by atoms with Gasteiger partial charge >= 0.3 is 6.09 Å². The van der Waals surface area contributed by atoms with Crippen LogP contribution < -0.4 is 0 Å². The average Bonchev–Trinajstić information content (AvgIpc) is 3.35. The first-order valence-corrected chi connectivity index (χ1v) is 11.8. The number of carbonyl (C=O) groups excluding carboxylic acids is 1. The maximum absolute atomic E-state index is 13.6. The monoisotopic (exact) mass is 525 g/mol. The zero-order valence-corrected chi connectivity index (χ0v) is 21.0. The predicted molar refractivity (Wildman–Crippen MR) is 121 cm³/mol. The van der Waals surface area contributed by atoms with Crippen molar-refractivity contribution in [1.29, 1.82) is 0 Å². The second-order valence-electron chi connectivity index (χ2n) is 9.71. The minimum atomic E-state index is -0.406. The number of rotatable bonds is 3. The second kappa shape index (κ2) is 8.96. The summed E-state index contributed by atoms with van der Waals surface area (Å²) in [5, 5.41) is 3.72. The number of likely N-dealkylation sites (tertiary alicyclic amines) is 1. The van der Waals surface area contributed by atoms with Crippen molar-refractivity contribution in [3.63, 3.8) is 0 Å². The van der Waals surface area contributed by atoms with Crippen molar-refractivity contribution >= 4 is 22.0 Å². The fourth-order valence-corrected chi connectivity index (χ4v) is 4.76. The summed E-state index contributed by atoms with van der Waals surface area (Å²) in [5.41, 5.74) is -0.0841. The number of halogens is 2. The third kappa shape index (κ3) is 4.79. The Bertz CT molecular complexity index is 1030. The molecule has 10 heteroatoms. The number of ether oxygens (including phenoxy) is 3. The normalized spacial score (nSPS) is 26.2. The highest BCUT2D eigenvalue weighted by molar-refractivity contribution is 9.10.